The number of hydrogen-bond acceptors (Lipinski definition) is 4. The summed E-state index contributed by atoms with van der Waals surface area (Å²) in [5.41, 5.74) is -0.696. The average Bonchev–Trinajstić information content (AvgIpc) is 2.87. The highest BCUT2D eigenvalue weighted by Crippen LogP contribution is 2.41. The first kappa shape index (κ1) is 14.6. The van der Waals surface area contributed by atoms with E-state index in [-0.39, 0.29) is 12.4 Å². The van der Waals surface area contributed by atoms with Crippen molar-refractivity contribution in [3.8, 4) is 11.8 Å². The Morgan fingerprint density at radius 3 is 2.45 bits per heavy atom. The Balaban J connectivity index is 2.16. The molecule has 0 radical (unpaired) electrons. The van der Waals surface area contributed by atoms with E-state index in [2.05, 4.69) is 4.74 Å². The second kappa shape index (κ2) is 5.31. The fourth-order valence-corrected chi connectivity index (χ4v) is 2.12. The average molecular weight is 287 g/mol. The Labute approximate surface area is 113 Å². The molecule has 2 atom stereocenters. The first-order valence-corrected chi connectivity index (χ1v) is 5.89. The van der Waals surface area contributed by atoms with Crippen LogP contribution in [0.3, 0.4) is 0 Å². The molecule has 1 aliphatic rings. The molecule has 1 aliphatic heterocycles. The van der Waals surface area contributed by atoms with Gasteiger partial charge in [-0.2, -0.15) is 5.26 Å². The van der Waals surface area contributed by atoms with Gasteiger partial charge >= 0.3 is 6.36 Å². The summed E-state index contributed by atoms with van der Waals surface area (Å²) in [6.07, 6.45) is -5.49. The molecule has 0 aromatic heterocycles. The van der Waals surface area contributed by atoms with E-state index < -0.39 is 17.9 Å². The van der Waals surface area contributed by atoms with E-state index in [1.54, 1.807) is 0 Å². The SMILES string of the molecule is N#CC1(C(O)c2ccc(OC(F)(F)F)cc2)CCOC1. The molecule has 1 aromatic rings. The molecule has 108 valence electrons. The highest BCUT2D eigenvalue weighted by Gasteiger charge is 2.43. The van der Waals surface area contributed by atoms with Gasteiger partial charge < -0.3 is 14.6 Å². The van der Waals surface area contributed by atoms with Crippen molar-refractivity contribution < 1.29 is 27.8 Å². The minimum atomic E-state index is -4.76. The van der Waals surface area contributed by atoms with Crippen molar-refractivity contribution in [2.24, 2.45) is 5.41 Å². The van der Waals surface area contributed by atoms with E-state index in [0.717, 1.165) is 12.1 Å². The maximum absolute atomic E-state index is 12.0. The topological polar surface area (TPSA) is 62.5 Å². The van der Waals surface area contributed by atoms with Crippen LogP contribution in [0.25, 0.3) is 0 Å². The third-order valence-corrected chi connectivity index (χ3v) is 3.23. The fraction of sp³-hybridized carbons (Fsp3) is 0.462. The van der Waals surface area contributed by atoms with Gasteiger partial charge in [0.15, 0.2) is 0 Å². The van der Waals surface area contributed by atoms with Gasteiger partial charge in [-0.1, -0.05) is 12.1 Å². The van der Waals surface area contributed by atoms with Crippen LogP contribution in [0.1, 0.15) is 18.1 Å². The lowest BCUT2D eigenvalue weighted by molar-refractivity contribution is -0.274. The summed E-state index contributed by atoms with van der Waals surface area (Å²) in [7, 11) is 0. The van der Waals surface area contributed by atoms with Crippen molar-refractivity contribution in [3.63, 3.8) is 0 Å². The van der Waals surface area contributed by atoms with Crippen molar-refractivity contribution >= 4 is 0 Å². The molecule has 1 fully saturated rings. The summed E-state index contributed by atoms with van der Waals surface area (Å²) in [6.45, 7) is 0.478. The zero-order valence-corrected chi connectivity index (χ0v) is 10.4. The minimum Gasteiger partial charge on any atom is -0.406 e. The summed E-state index contributed by atoms with van der Waals surface area (Å²) >= 11 is 0. The summed E-state index contributed by atoms with van der Waals surface area (Å²) in [5.74, 6) is -0.373. The predicted molar refractivity (Wildman–Crippen MR) is 61.6 cm³/mol. The Bertz CT molecular complexity index is 501. The third-order valence-electron chi connectivity index (χ3n) is 3.23. The van der Waals surface area contributed by atoms with E-state index in [0.29, 0.717) is 18.6 Å². The Morgan fingerprint density at radius 1 is 1.35 bits per heavy atom. The summed E-state index contributed by atoms with van der Waals surface area (Å²) in [6, 6.07) is 6.87. The molecule has 0 amide bonds. The number of aliphatic hydroxyl groups excluding tert-OH is 1. The van der Waals surface area contributed by atoms with E-state index in [4.69, 9.17) is 4.74 Å². The lowest BCUT2D eigenvalue weighted by atomic mass is 9.79. The number of ether oxygens (including phenoxy) is 2. The van der Waals surface area contributed by atoms with Gasteiger partial charge in [0, 0.05) is 6.61 Å². The van der Waals surface area contributed by atoms with Crippen LogP contribution in [-0.2, 0) is 4.74 Å². The van der Waals surface area contributed by atoms with Crippen LogP contribution in [0.15, 0.2) is 24.3 Å². The van der Waals surface area contributed by atoms with Gasteiger partial charge in [-0.25, -0.2) is 0 Å². The fourth-order valence-electron chi connectivity index (χ4n) is 2.12. The lowest BCUT2D eigenvalue weighted by Gasteiger charge is -2.25. The van der Waals surface area contributed by atoms with Gasteiger partial charge in [-0.3, -0.25) is 0 Å². The van der Waals surface area contributed by atoms with Gasteiger partial charge in [-0.15, -0.1) is 13.2 Å². The Hall–Kier alpha value is -1.78. The van der Waals surface area contributed by atoms with Gasteiger partial charge in [-0.05, 0) is 24.1 Å². The molecule has 0 saturated carbocycles. The van der Waals surface area contributed by atoms with Gasteiger partial charge in [0.05, 0.1) is 18.8 Å². The van der Waals surface area contributed by atoms with Gasteiger partial charge in [0.2, 0.25) is 0 Å². The van der Waals surface area contributed by atoms with Crippen molar-refractivity contribution in [3.05, 3.63) is 29.8 Å². The predicted octanol–water partition coefficient (Wildman–Crippen LogP) is 2.55. The third kappa shape index (κ3) is 3.03. The molecule has 4 nitrogen and oxygen atoms in total. The zero-order valence-electron chi connectivity index (χ0n) is 10.4. The number of rotatable bonds is 3. The molecule has 1 aromatic carbocycles. The molecule has 2 unspecified atom stereocenters. The molecule has 2 rings (SSSR count). The number of aliphatic hydroxyl groups is 1. The van der Waals surface area contributed by atoms with Crippen LogP contribution < -0.4 is 4.74 Å². The maximum Gasteiger partial charge on any atom is 0.573 e. The number of benzene rings is 1. The summed E-state index contributed by atoms with van der Waals surface area (Å²) in [4.78, 5) is 0. The van der Waals surface area contributed by atoms with Gasteiger partial charge in [0.1, 0.15) is 11.2 Å². The van der Waals surface area contributed by atoms with Crippen LogP contribution in [-0.4, -0.2) is 24.7 Å². The number of nitrogens with zero attached hydrogens (tertiary/aromatic N) is 1. The second-order valence-electron chi connectivity index (χ2n) is 4.59. The molecule has 1 heterocycles. The molecule has 7 heteroatoms. The van der Waals surface area contributed by atoms with Crippen molar-refractivity contribution in [1.29, 1.82) is 5.26 Å². The Morgan fingerprint density at radius 2 is 2.00 bits per heavy atom. The zero-order chi connectivity index (χ0) is 14.8. The van der Waals surface area contributed by atoms with E-state index in [9.17, 15) is 23.5 Å². The summed E-state index contributed by atoms with van der Waals surface area (Å²) < 4.78 is 45.0. The Kier molecular flexibility index (Phi) is 3.88. The number of halogens is 3. The largest absolute Gasteiger partial charge is 0.573 e. The molecule has 1 N–H and O–H groups in total. The van der Waals surface area contributed by atoms with E-state index >= 15 is 0 Å². The number of hydrogen-bond donors (Lipinski definition) is 1. The monoisotopic (exact) mass is 287 g/mol. The molecular formula is C13H12F3NO3. The number of alkyl halides is 3. The highest BCUT2D eigenvalue weighted by atomic mass is 19.4. The van der Waals surface area contributed by atoms with Crippen LogP contribution in [0.2, 0.25) is 0 Å². The van der Waals surface area contributed by atoms with Gasteiger partial charge in [0.25, 0.3) is 0 Å². The number of nitriles is 1. The van der Waals surface area contributed by atoms with E-state index in [1.807, 2.05) is 6.07 Å². The van der Waals surface area contributed by atoms with E-state index in [1.165, 1.54) is 12.1 Å². The molecule has 0 bridgehead atoms. The summed E-state index contributed by atoms with van der Waals surface area (Å²) in [5, 5.41) is 19.4. The lowest BCUT2D eigenvalue weighted by Crippen LogP contribution is -2.27. The van der Waals surface area contributed by atoms with Crippen LogP contribution in [0, 0.1) is 16.7 Å². The molecular weight excluding hydrogens is 275 g/mol. The van der Waals surface area contributed by atoms with Crippen LogP contribution in [0.4, 0.5) is 13.2 Å². The first-order valence-electron chi connectivity index (χ1n) is 5.89. The molecule has 20 heavy (non-hydrogen) atoms. The smallest absolute Gasteiger partial charge is 0.406 e. The molecule has 1 saturated heterocycles. The quantitative estimate of drug-likeness (QED) is 0.928. The van der Waals surface area contributed by atoms with Crippen molar-refractivity contribution in [2.75, 3.05) is 13.2 Å². The normalized spacial score (nSPS) is 24.1. The first-order chi connectivity index (χ1) is 9.36. The second-order valence-corrected chi connectivity index (χ2v) is 4.59. The van der Waals surface area contributed by atoms with Crippen LogP contribution >= 0.6 is 0 Å². The molecule has 0 aliphatic carbocycles. The maximum atomic E-state index is 12.0. The molecule has 0 spiro atoms. The van der Waals surface area contributed by atoms with Crippen LogP contribution in [0.5, 0.6) is 5.75 Å². The highest BCUT2D eigenvalue weighted by molar-refractivity contribution is 5.31. The van der Waals surface area contributed by atoms with Crippen molar-refractivity contribution in [1.82, 2.24) is 0 Å². The minimum absolute atomic E-state index is 0.103. The van der Waals surface area contributed by atoms with Crippen molar-refractivity contribution in [2.45, 2.75) is 18.9 Å². The standard InChI is InChI=1S/C13H12F3NO3/c14-13(15,16)20-10-3-1-9(2-4-10)11(18)12(7-17)5-6-19-8-12/h1-4,11,18H,5-6,8H2.